The smallest absolute Gasteiger partial charge is 0.277 e. The van der Waals surface area contributed by atoms with Gasteiger partial charge in [0.1, 0.15) is 5.75 Å². The van der Waals surface area contributed by atoms with E-state index in [0.717, 1.165) is 22.4 Å². The maximum atomic E-state index is 12.0. The fraction of sp³-hybridized carbons (Fsp3) is 0.300. The number of benzene rings is 2. The van der Waals surface area contributed by atoms with Crippen LogP contribution < -0.4 is 14.9 Å². The molecule has 0 aliphatic heterocycles. The Bertz CT molecular complexity index is 866. The number of rotatable bonds is 7. The number of nitrogens with zero attached hydrogens (tertiary/aromatic N) is 1. The molecule has 7 heteroatoms. The summed E-state index contributed by atoms with van der Waals surface area (Å²) in [5, 5.41) is 13.9. The van der Waals surface area contributed by atoms with E-state index in [2.05, 4.69) is 10.5 Å². The molecule has 27 heavy (non-hydrogen) atoms. The van der Waals surface area contributed by atoms with Crippen LogP contribution in [0.25, 0.3) is 0 Å². The van der Waals surface area contributed by atoms with Gasteiger partial charge in [0.2, 0.25) is 0 Å². The number of aryl methyl sites for hydroxylation is 2. The molecule has 144 valence electrons. The largest absolute Gasteiger partial charge is 0.504 e. The molecule has 2 aromatic rings. The molecule has 0 aliphatic carbocycles. The average molecular weight is 482 g/mol. The van der Waals surface area contributed by atoms with Gasteiger partial charge >= 0.3 is 0 Å². The highest BCUT2D eigenvalue weighted by Gasteiger charge is 2.10. The summed E-state index contributed by atoms with van der Waals surface area (Å²) in [5.74, 6) is 0.843. The molecule has 0 aliphatic rings. The molecule has 0 saturated heterocycles. The number of aromatic hydroxyl groups is 1. The van der Waals surface area contributed by atoms with Crippen molar-refractivity contribution in [1.29, 1.82) is 0 Å². The molecule has 6 nitrogen and oxygen atoms in total. The van der Waals surface area contributed by atoms with Crippen molar-refractivity contribution in [2.75, 3.05) is 13.2 Å². The van der Waals surface area contributed by atoms with Crippen LogP contribution in [0.3, 0.4) is 0 Å². The van der Waals surface area contributed by atoms with Crippen molar-refractivity contribution < 1.29 is 19.4 Å². The van der Waals surface area contributed by atoms with Gasteiger partial charge in [0.25, 0.3) is 5.91 Å². The first-order valence-corrected chi connectivity index (χ1v) is 9.58. The van der Waals surface area contributed by atoms with E-state index in [0.29, 0.717) is 21.5 Å². The molecule has 0 fully saturated rings. The van der Waals surface area contributed by atoms with Crippen LogP contribution in [0.5, 0.6) is 17.2 Å². The van der Waals surface area contributed by atoms with Gasteiger partial charge in [0.15, 0.2) is 18.1 Å². The van der Waals surface area contributed by atoms with Crippen LogP contribution in [0.15, 0.2) is 29.4 Å². The predicted octanol–water partition coefficient (Wildman–Crippen LogP) is 3.85. The van der Waals surface area contributed by atoms with E-state index in [9.17, 15) is 9.90 Å². The number of hydrogen-bond acceptors (Lipinski definition) is 5. The molecule has 2 aromatic carbocycles. The Labute approximate surface area is 172 Å². The van der Waals surface area contributed by atoms with Gasteiger partial charge in [0.05, 0.1) is 16.4 Å². The second-order valence-corrected chi connectivity index (χ2v) is 7.18. The Morgan fingerprint density at radius 2 is 1.93 bits per heavy atom. The lowest BCUT2D eigenvalue weighted by atomic mass is 10.1. The number of hydrazone groups is 1. The standard InChI is InChI=1S/C20H23IN2O4/c1-5-26-17-9-15(8-16(21)19(17)25)10-22-23-18(24)11-27-20-13(3)7-6-12(2)14(20)4/h6-10,25H,5,11H2,1-4H3,(H,23,24)/b22-10+. The molecule has 0 saturated carbocycles. The topological polar surface area (TPSA) is 80.2 Å². The number of amides is 1. The van der Waals surface area contributed by atoms with Gasteiger partial charge in [-0.2, -0.15) is 5.10 Å². The summed E-state index contributed by atoms with van der Waals surface area (Å²) >= 11 is 2.01. The lowest BCUT2D eigenvalue weighted by molar-refractivity contribution is -0.123. The van der Waals surface area contributed by atoms with Crippen molar-refractivity contribution in [2.45, 2.75) is 27.7 Å². The molecule has 1 amide bonds. The van der Waals surface area contributed by atoms with Gasteiger partial charge in [-0.1, -0.05) is 12.1 Å². The van der Waals surface area contributed by atoms with Gasteiger partial charge in [-0.25, -0.2) is 5.43 Å². The number of carbonyl (C=O) groups excluding carboxylic acids is 1. The minimum Gasteiger partial charge on any atom is -0.504 e. The fourth-order valence-electron chi connectivity index (χ4n) is 2.43. The number of hydrogen-bond donors (Lipinski definition) is 2. The normalized spacial score (nSPS) is 10.9. The molecule has 0 bridgehead atoms. The van der Waals surface area contributed by atoms with Gasteiger partial charge in [-0.3, -0.25) is 4.79 Å². The number of phenolic OH excluding ortho intramolecular Hbond substituents is 1. The van der Waals surface area contributed by atoms with Gasteiger partial charge in [-0.15, -0.1) is 0 Å². The molecule has 0 spiro atoms. The summed E-state index contributed by atoms with van der Waals surface area (Å²) in [7, 11) is 0. The number of phenols is 1. The quantitative estimate of drug-likeness (QED) is 0.357. The van der Waals surface area contributed by atoms with Crippen LogP contribution in [-0.2, 0) is 4.79 Å². The number of carbonyl (C=O) groups is 1. The third kappa shape index (κ3) is 5.59. The van der Waals surface area contributed by atoms with E-state index >= 15 is 0 Å². The minimum absolute atomic E-state index is 0.0935. The molecule has 2 rings (SSSR count). The second kappa shape index (κ2) is 9.59. The third-order valence-electron chi connectivity index (χ3n) is 3.97. The Hall–Kier alpha value is -2.29. The van der Waals surface area contributed by atoms with Gasteiger partial charge < -0.3 is 14.6 Å². The Kier molecular flexibility index (Phi) is 7.46. The molecular formula is C20H23IN2O4. The second-order valence-electron chi connectivity index (χ2n) is 6.02. The monoisotopic (exact) mass is 482 g/mol. The van der Waals surface area contributed by atoms with E-state index in [1.165, 1.54) is 6.21 Å². The zero-order valence-electron chi connectivity index (χ0n) is 15.8. The first-order valence-electron chi connectivity index (χ1n) is 8.50. The average Bonchev–Trinajstić information content (AvgIpc) is 2.62. The van der Waals surface area contributed by atoms with E-state index in [1.807, 2.05) is 62.4 Å². The molecule has 0 heterocycles. The van der Waals surface area contributed by atoms with Crippen molar-refractivity contribution >= 4 is 34.7 Å². The van der Waals surface area contributed by atoms with Gasteiger partial charge in [-0.05, 0) is 84.7 Å². The summed E-state index contributed by atoms with van der Waals surface area (Å²) in [4.78, 5) is 12.0. The van der Waals surface area contributed by atoms with Crippen molar-refractivity contribution in [3.8, 4) is 17.2 Å². The van der Waals surface area contributed by atoms with E-state index < -0.39 is 0 Å². The zero-order chi connectivity index (χ0) is 20.0. The third-order valence-corrected chi connectivity index (χ3v) is 4.80. The summed E-state index contributed by atoms with van der Waals surface area (Å²) < 4.78 is 11.7. The fourth-order valence-corrected chi connectivity index (χ4v) is 3.06. The molecule has 0 unspecified atom stereocenters. The first-order chi connectivity index (χ1) is 12.8. The summed E-state index contributed by atoms with van der Waals surface area (Å²) in [6.45, 7) is 8.07. The van der Waals surface area contributed by atoms with Crippen LogP contribution in [0.1, 0.15) is 29.2 Å². The minimum atomic E-state index is -0.356. The lowest BCUT2D eigenvalue weighted by Crippen LogP contribution is -2.25. The van der Waals surface area contributed by atoms with E-state index in [1.54, 1.807) is 12.1 Å². The highest BCUT2D eigenvalue weighted by Crippen LogP contribution is 2.32. The highest BCUT2D eigenvalue weighted by molar-refractivity contribution is 14.1. The molecule has 0 atom stereocenters. The van der Waals surface area contributed by atoms with Crippen molar-refractivity contribution in [3.05, 3.63) is 50.1 Å². The van der Waals surface area contributed by atoms with E-state index in [4.69, 9.17) is 9.47 Å². The summed E-state index contributed by atoms with van der Waals surface area (Å²) in [6, 6.07) is 7.39. The van der Waals surface area contributed by atoms with E-state index in [-0.39, 0.29) is 18.3 Å². The zero-order valence-corrected chi connectivity index (χ0v) is 18.0. The number of ether oxygens (including phenoxy) is 2. The first kappa shape index (κ1) is 21.0. The van der Waals surface area contributed by atoms with Crippen LogP contribution in [0, 0.1) is 24.3 Å². The Morgan fingerprint density at radius 1 is 1.22 bits per heavy atom. The Morgan fingerprint density at radius 3 is 2.63 bits per heavy atom. The maximum absolute atomic E-state index is 12.0. The predicted molar refractivity (Wildman–Crippen MR) is 114 cm³/mol. The van der Waals surface area contributed by atoms with Crippen molar-refractivity contribution in [1.82, 2.24) is 5.43 Å². The number of nitrogens with one attached hydrogen (secondary N) is 1. The van der Waals surface area contributed by atoms with Crippen LogP contribution >= 0.6 is 22.6 Å². The molecule has 0 aromatic heterocycles. The maximum Gasteiger partial charge on any atom is 0.277 e. The van der Waals surface area contributed by atoms with Crippen molar-refractivity contribution in [3.63, 3.8) is 0 Å². The number of halogens is 1. The molecule has 0 radical (unpaired) electrons. The Balaban J connectivity index is 1.97. The molecular weight excluding hydrogens is 459 g/mol. The molecule has 2 N–H and O–H groups in total. The van der Waals surface area contributed by atoms with Gasteiger partial charge in [0, 0.05) is 0 Å². The van der Waals surface area contributed by atoms with Crippen molar-refractivity contribution in [2.24, 2.45) is 5.10 Å². The van der Waals surface area contributed by atoms with Crippen LogP contribution in [0.2, 0.25) is 0 Å². The SMILES string of the molecule is CCOc1cc(/C=N/NC(=O)COc2c(C)ccc(C)c2C)cc(I)c1O. The van der Waals surface area contributed by atoms with Crippen LogP contribution in [0.4, 0.5) is 0 Å². The van der Waals surface area contributed by atoms with Crippen LogP contribution in [-0.4, -0.2) is 30.4 Å². The lowest BCUT2D eigenvalue weighted by Gasteiger charge is -2.13. The summed E-state index contributed by atoms with van der Waals surface area (Å²) in [6.07, 6.45) is 1.49. The highest BCUT2D eigenvalue weighted by atomic mass is 127. The summed E-state index contributed by atoms with van der Waals surface area (Å²) in [5.41, 5.74) is 6.26.